The van der Waals surface area contributed by atoms with Gasteiger partial charge in [-0.15, -0.1) is 11.3 Å². The maximum absolute atomic E-state index is 16.1. The number of fused-ring (bicyclic) bond motifs is 4. The van der Waals surface area contributed by atoms with Crippen molar-refractivity contribution in [2.24, 2.45) is 0 Å². The van der Waals surface area contributed by atoms with Gasteiger partial charge in [0.2, 0.25) is 11.8 Å². The molecule has 8 rings (SSSR count). The Morgan fingerprint density at radius 1 is 1.02 bits per heavy atom. The van der Waals surface area contributed by atoms with E-state index in [1.807, 2.05) is 23.6 Å². The van der Waals surface area contributed by atoms with E-state index in [0.29, 0.717) is 72.5 Å². The number of benzene rings is 1. The molecule has 1 unspecified atom stereocenters. The molecule has 7 heterocycles. The predicted molar refractivity (Wildman–Crippen MR) is 194 cm³/mol. The van der Waals surface area contributed by atoms with Crippen LogP contribution in [0.15, 0.2) is 84.4 Å². The maximum atomic E-state index is 16.1. The molecule has 11 nitrogen and oxygen atoms in total. The van der Waals surface area contributed by atoms with E-state index >= 15 is 8.63 Å². The van der Waals surface area contributed by atoms with E-state index in [1.165, 1.54) is 25.2 Å². The molecule has 1 saturated heterocycles. The van der Waals surface area contributed by atoms with Gasteiger partial charge in [0.25, 0.3) is 5.91 Å². The number of anilines is 3. The highest BCUT2D eigenvalue weighted by atomic mass is 32.1. The van der Waals surface area contributed by atoms with Crippen LogP contribution in [0.1, 0.15) is 28.9 Å². The minimum atomic E-state index is -4.07. The van der Waals surface area contributed by atoms with Crippen LogP contribution in [0, 0.1) is 0 Å². The Kier molecular flexibility index (Phi) is 8.86. The van der Waals surface area contributed by atoms with Crippen LogP contribution in [0.3, 0.4) is 0 Å². The number of amides is 3. The summed E-state index contributed by atoms with van der Waals surface area (Å²) >= 11 is 1.44. The summed E-state index contributed by atoms with van der Waals surface area (Å²) in [5.74, 6) is -0.248. The molecule has 262 valence electrons. The fourth-order valence-electron chi connectivity index (χ4n) is 7.62. The van der Waals surface area contributed by atoms with Gasteiger partial charge < -0.3 is 28.2 Å². The summed E-state index contributed by atoms with van der Waals surface area (Å²) in [6.45, 7) is -0.0452. The van der Waals surface area contributed by atoms with E-state index in [2.05, 4.69) is 25.4 Å². The molecule has 2 N–H and O–H groups in total. The van der Waals surface area contributed by atoms with Gasteiger partial charge in [-0.1, -0.05) is 18.2 Å². The first-order chi connectivity index (χ1) is 24.8. The molecule has 0 spiro atoms. The second-order valence-corrected chi connectivity index (χ2v) is 14.2. The monoisotopic (exact) mass is 710 g/mol. The van der Waals surface area contributed by atoms with Crippen molar-refractivity contribution in [2.45, 2.75) is 25.3 Å². The first-order valence-electron chi connectivity index (χ1n) is 17.3. The number of piperazine rings is 1. The molecule has 0 bridgehead atoms. The standard InChI is InChI=1S/C36H37BF2N8O3S/c38-37(39)46-25(9-10-26(46)23-27-11-13-31(47(27)37)32-8-4-22-51-32)12-14-33(48)40-16-17-43-18-20-44(21-19-43)24-34(49)45-30-7-2-1-5-28(30)36(50)42-29-6-3-15-41-35(29)45/h1-11,13,15,22,26H,12,14,16-21,23-24H2,(H,40,48)(H,42,50). The molecule has 0 radical (unpaired) electrons. The van der Waals surface area contributed by atoms with Crippen LogP contribution in [0.4, 0.5) is 25.8 Å². The molecule has 4 aliphatic heterocycles. The third-order valence-electron chi connectivity index (χ3n) is 10.1. The zero-order chi connectivity index (χ0) is 35.1. The number of carbonyl (C=O) groups excluding carboxylic acids is 3. The molecule has 15 heteroatoms. The van der Waals surface area contributed by atoms with Gasteiger partial charge in [-0.3, -0.25) is 29.1 Å². The van der Waals surface area contributed by atoms with Gasteiger partial charge in [-0.25, -0.2) is 4.98 Å². The Bertz CT molecular complexity index is 2060. The van der Waals surface area contributed by atoms with Crippen LogP contribution in [-0.4, -0.2) is 106 Å². The minimum Gasteiger partial charge on any atom is -0.393 e. The predicted octanol–water partition coefficient (Wildman–Crippen LogP) is 4.23. The summed E-state index contributed by atoms with van der Waals surface area (Å²) in [4.78, 5) is 50.5. The number of hydrogen-bond acceptors (Lipinski definition) is 7. The quantitative estimate of drug-likeness (QED) is 0.252. The van der Waals surface area contributed by atoms with E-state index in [1.54, 1.807) is 60.8 Å². The van der Waals surface area contributed by atoms with E-state index in [-0.39, 0.29) is 37.1 Å². The fourth-order valence-corrected chi connectivity index (χ4v) is 8.36. The lowest BCUT2D eigenvalue weighted by molar-refractivity contribution is -0.457. The second kappa shape index (κ2) is 13.6. The van der Waals surface area contributed by atoms with Gasteiger partial charge in [0.1, 0.15) is 11.8 Å². The van der Waals surface area contributed by atoms with Crippen molar-refractivity contribution in [1.82, 2.24) is 24.6 Å². The van der Waals surface area contributed by atoms with E-state index in [4.69, 9.17) is 0 Å². The summed E-state index contributed by atoms with van der Waals surface area (Å²) < 4.78 is 34.7. The number of rotatable bonds is 9. The number of allylic oxidation sites excluding steroid dienone is 1. The molecular weight excluding hydrogens is 673 g/mol. The Morgan fingerprint density at radius 2 is 1.84 bits per heavy atom. The van der Waals surface area contributed by atoms with Crippen molar-refractivity contribution in [3.05, 3.63) is 95.6 Å². The van der Waals surface area contributed by atoms with Crippen molar-refractivity contribution < 1.29 is 27.5 Å². The Balaban J connectivity index is 0.823. The molecule has 4 aromatic rings. The van der Waals surface area contributed by atoms with Crippen LogP contribution < -0.4 is 15.5 Å². The normalized spacial score (nSPS) is 19.5. The molecule has 1 atom stereocenters. The number of pyridine rings is 1. The molecule has 1 aromatic carbocycles. The van der Waals surface area contributed by atoms with Gasteiger partial charge >= 0.3 is 6.97 Å². The zero-order valence-corrected chi connectivity index (χ0v) is 28.7. The number of hydrogen-bond donors (Lipinski definition) is 2. The van der Waals surface area contributed by atoms with Gasteiger partial charge in [-0.2, -0.15) is 0 Å². The van der Waals surface area contributed by atoms with Gasteiger partial charge in [0.15, 0.2) is 5.82 Å². The third kappa shape index (κ3) is 6.30. The fraction of sp³-hybridized carbons (Fsp3) is 0.306. The van der Waals surface area contributed by atoms with E-state index in [9.17, 15) is 14.4 Å². The Labute approximate surface area is 297 Å². The SMILES string of the molecule is O=C(CCC1=[N+]2C(C=C1)Cc1ccc(-c3cccs3)n1[B-]2(F)F)NCCN1CCN(CC(=O)N2c3ccccc3C(=O)Nc3cccnc32)CC1. The summed E-state index contributed by atoms with van der Waals surface area (Å²) in [5.41, 5.74) is 3.03. The summed E-state index contributed by atoms with van der Waals surface area (Å²) in [7, 11) is 0. The van der Waals surface area contributed by atoms with Gasteiger partial charge in [0.05, 0.1) is 23.5 Å². The lowest BCUT2D eigenvalue weighted by Crippen LogP contribution is -2.56. The first-order valence-corrected chi connectivity index (χ1v) is 18.1. The van der Waals surface area contributed by atoms with E-state index < -0.39 is 13.0 Å². The van der Waals surface area contributed by atoms with Gasteiger partial charge in [0, 0.05) is 81.4 Å². The molecule has 0 saturated carbocycles. The van der Waals surface area contributed by atoms with Crippen molar-refractivity contribution in [3.8, 4) is 10.6 Å². The average molecular weight is 711 g/mol. The number of nitrogens with zero attached hydrogens (tertiary/aromatic N) is 6. The highest BCUT2D eigenvalue weighted by molar-refractivity contribution is 7.13. The van der Waals surface area contributed by atoms with Crippen LogP contribution in [0.25, 0.3) is 10.6 Å². The molecule has 4 aliphatic rings. The number of nitrogens with one attached hydrogen (secondary N) is 2. The lowest BCUT2D eigenvalue weighted by Gasteiger charge is -2.35. The number of carbonyl (C=O) groups is 3. The topological polar surface area (TPSA) is 106 Å². The smallest absolute Gasteiger partial charge is 0.393 e. The molecular formula is C36H37BF2N8O3S. The number of para-hydroxylation sites is 1. The average Bonchev–Trinajstić information content (AvgIpc) is 3.89. The highest BCUT2D eigenvalue weighted by Gasteiger charge is 2.54. The van der Waals surface area contributed by atoms with Crippen molar-refractivity contribution in [2.75, 3.05) is 56.0 Å². The van der Waals surface area contributed by atoms with Gasteiger partial charge in [-0.05, 0) is 59.6 Å². The maximum Gasteiger partial charge on any atom is 0.732 e. The zero-order valence-electron chi connectivity index (χ0n) is 27.9. The minimum absolute atomic E-state index is 0.125. The lowest BCUT2D eigenvalue weighted by atomic mass is 9.86. The van der Waals surface area contributed by atoms with Crippen LogP contribution >= 0.6 is 11.3 Å². The van der Waals surface area contributed by atoms with Crippen LogP contribution in [-0.2, 0) is 16.0 Å². The van der Waals surface area contributed by atoms with Crippen molar-refractivity contribution in [1.29, 1.82) is 0 Å². The molecule has 1 fully saturated rings. The third-order valence-corrected chi connectivity index (χ3v) is 11.0. The molecule has 51 heavy (non-hydrogen) atoms. The molecule has 0 aliphatic carbocycles. The Hall–Kier alpha value is -4.99. The summed E-state index contributed by atoms with van der Waals surface area (Å²) in [6, 6.07) is 17.4. The number of aromatic nitrogens is 2. The van der Waals surface area contributed by atoms with Crippen LogP contribution in [0.5, 0.6) is 0 Å². The number of halogens is 2. The summed E-state index contributed by atoms with van der Waals surface area (Å²) in [5, 5.41) is 7.72. The molecule has 3 aromatic heterocycles. The second-order valence-electron chi connectivity index (χ2n) is 13.2. The molecule has 3 amide bonds. The van der Waals surface area contributed by atoms with Crippen molar-refractivity contribution >= 4 is 58.9 Å². The highest BCUT2D eigenvalue weighted by Crippen LogP contribution is 2.38. The Morgan fingerprint density at radius 3 is 2.67 bits per heavy atom. The van der Waals surface area contributed by atoms with Crippen molar-refractivity contribution in [3.63, 3.8) is 0 Å². The largest absolute Gasteiger partial charge is 0.732 e. The first kappa shape index (κ1) is 33.2. The van der Waals surface area contributed by atoms with Crippen LogP contribution in [0.2, 0.25) is 0 Å². The van der Waals surface area contributed by atoms with E-state index in [0.717, 1.165) is 18.0 Å². The summed E-state index contributed by atoms with van der Waals surface area (Å²) in [6.07, 6.45) is 6.04. The number of thiophene rings is 1.